The quantitative estimate of drug-likeness (QED) is 0.520. The van der Waals surface area contributed by atoms with Gasteiger partial charge in [-0.1, -0.05) is 43.1 Å². The Morgan fingerprint density at radius 1 is 1.03 bits per heavy atom. The normalized spacial score (nSPS) is 11.5. The van der Waals surface area contributed by atoms with E-state index in [1.807, 2.05) is 13.8 Å². The smallest absolute Gasteiger partial charge is 0.261 e. The minimum Gasteiger partial charge on any atom is -0.497 e. The molecule has 2 rings (SSSR count). The van der Waals surface area contributed by atoms with Crippen molar-refractivity contribution in [2.45, 2.75) is 39.3 Å². The van der Waals surface area contributed by atoms with E-state index < -0.39 is 6.04 Å². The monoisotopic (exact) mass is 466 g/mol. The van der Waals surface area contributed by atoms with Gasteiger partial charge in [-0.3, -0.25) is 9.59 Å². The number of carbonyl (C=O) groups is 2. The van der Waals surface area contributed by atoms with Crippen LogP contribution in [0.4, 0.5) is 0 Å². The van der Waals surface area contributed by atoms with Crippen LogP contribution in [-0.2, 0) is 16.1 Å². The molecule has 0 fully saturated rings. The van der Waals surface area contributed by atoms with Gasteiger partial charge < -0.3 is 19.7 Å². The third kappa shape index (κ3) is 7.33. The summed E-state index contributed by atoms with van der Waals surface area (Å²) in [6.45, 7) is 4.40. The minimum atomic E-state index is -0.632. The Labute approximate surface area is 193 Å². The molecule has 0 bridgehead atoms. The molecule has 31 heavy (non-hydrogen) atoms. The first-order valence-electron chi connectivity index (χ1n) is 10.2. The molecule has 0 radical (unpaired) electrons. The zero-order valence-corrected chi connectivity index (χ0v) is 19.5. The molecule has 6 nitrogen and oxygen atoms in total. The number of benzene rings is 2. The molecule has 2 aromatic rings. The average Bonchev–Trinajstić information content (AvgIpc) is 2.78. The van der Waals surface area contributed by atoms with Crippen LogP contribution < -0.4 is 14.8 Å². The molecule has 0 spiro atoms. The number of halogens is 2. The first-order chi connectivity index (χ1) is 14.9. The highest BCUT2D eigenvalue weighted by Gasteiger charge is 2.28. The summed E-state index contributed by atoms with van der Waals surface area (Å²) in [5.74, 6) is 0.730. The maximum atomic E-state index is 13.1. The van der Waals surface area contributed by atoms with E-state index in [2.05, 4.69) is 5.32 Å². The lowest BCUT2D eigenvalue weighted by Crippen LogP contribution is -2.50. The summed E-state index contributed by atoms with van der Waals surface area (Å²) in [5, 5.41) is 3.70. The lowest BCUT2D eigenvalue weighted by Gasteiger charge is -2.30. The largest absolute Gasteiger partial charge is 0.497 e. The summed E-state index contributed by atoms with van der Waals surface area (Å²) in [5.41, 5.74) is 0.772. The standard InChI is InChI=1S/C23H28Cl2N2O4/c1-4-12-26-23(29)21(5-2)27(14-16-6-11-19(24)20(25)13-16)22(28)15-31-18-9-7-17(30-3)8-10-18/h6-11,13,21H,4-5,12,14-15H2,1-3H3,(H,26,29). The number of hydrogen-bond acceptors (Lipinski definition) is 4. The number of nitrogens with zero attached hydrogens (tertiary/aromatic N) is 1. The Bertz CT molecular complexity index is 874. The number of ether oxygens (including phenoxy) is 2. The van der Waals surface area contributed by atoms with Gasteiger partial charge in [0.25, 0.3) is 5.91 Å². The van der Waals surface area contributed by atoms with Crippen molar-refractivity contribution in [2.24, 2.45) is 0 Å². The molecule has 8 heteroatoms. The van der Waals surface area contributed by atoms with Gasteiger partial charge in [0.15, 0.2) is 6.61 Å². The van der Waals surface area contributed by atoms with Gasteiger partial charge in [-0.2, -0.15) is 0 Å². The molecule has 0 saturated carbocycles. The number of rotatable bonds is 11. The number of carbonyl (C=O) groups excluding carboxylic acids is 2. The third-order valence-electron chi connectivity index (χ3n) is 4.69. The molecule has 0 saturated heterocycles. The second-order valence-corrected chi connectivity index (χ2v) is 7.76. The number of nitrogens with one attached hydrogen (secondary N) is 1. The Kier molecular flexibility index (Phi) is 9.95. The summed E-state index contributed by atoms with van der Waals surface area (Å²) < 4.78 is 10.8. The van der Waals surface area contributed by atoms with E-state index >= 15 is 0 Å². The predicted molar refractivity (Wildman–Crippen MR) is 123 cm³/mol. The fourth-order valence-corrected chi connectivity index (χ4v) is 3.34. The van der Waals surface area contributed by atoms with Crippen molar-refractivity contribution in [2.75, 3.05) is 20.3 Å². The SMILES string of the molecule is CCCNC(=O)C(CC)N(Cc1ccc(Cl)c(Cl)c1)C(=O)COc1ccc(OC)cc1. The summed E-state index contributed by atoms with van der Waals surface area (Å²) in [4.78, 5) is 27.4. The van der Waals surface area contributed by atoms with Crippen LogP contribution in [-0.4, -0.2) is 43.0 Å². The second-order valence-electron chi connectivity index (χ2n) is 6.95. The van der Waals surface area contributed by atoms with Gasteiger partial charge in [-0.05, 0) is 54.8 Å². The Balaban J connectivity index is 2.19. The Morgan fingerprint density at radius 2 is 1.71 bits per heavy atom. The van der Waals surface area contributed by atoms with Crippen molar-refractivity contribution < 1.29 is 19.1 Å². The van der Waals surface area contributed by atoms with Gasteiger partial charge >= 0.3 is 0 Å². The summed E-state index contributed by atoms with van der Waals surface area (Å²) in [6, 6.07) is 11.5. The van der Waals surface area contributed by atoms with Crippen molar-refractivity contribution in [1.82, 2.24) is 10.2 Å². The predicted octanol–water partition coefficient (Wildman–Crippen LogP) is 4.71. The van der Waals surface area contributed by atoms with Crippen LogP contribution >= 0.6 is 23.2 Å². The van der Waals surface area contributed by atoms with Gasteiger partial charge in [0.05, 0.1) is 17.2 Å². The fourth-order valence-electron chi connectivity index (χ4n) is 3.02. The van der Waals surface area contributed by atoms with Crippen molar-refractivity contribution in [3.05, 3.63) is 58.1 Å². The highest BCUT2D eigenvalue weighted by atomic mass is 35.5. The van der Waals surface area contributed by atoms with Crippen molar-refractivity contribution in [3.63, 3.8) is 0 Å². The second kappa shape index (κ2) is 12.4. The highest BCUT2D eigenvalue weighted by molar-refractivity contribution is 6.42. The third-order valence-corrected chi connectivity index (χ3v) is 5.43. The van der Waals surface area contributed by atoms with Crippen LogP contribution in [0.15, 0.2) is 42.5 Å². The molecule has 168 valence electrons. The van der Waals surface area contributed by atoms with E-state index in [4.69, 9.17) is 32.7 Å². The molecule has 1 atom stereocenters. The lowest BCUT2D eigenvalue weighted by molar-refractivity contribution is -0.143. The lowest BCUT2D eigenvalue weighted by atomic mass is 10.1. The van der Waals surface area contributed by atoms with Gasteiger partial charge in [0, 0.05) is 13.1 Å². The number of hydrogen-bond donors (Lipinski definition) is 1. The van der Waals surface area contributed by atoms with Crippen LogP contribution in [0.25, 0.3) is 0 Å². The van der Waals surface area contributed by atoms with E-state index in [-0.39, 0.29) is 25.0 Å². The van der Waals surface area contributed by atoms with E-state index in [1.165, 1.54) is 4.90 Å². The van der Waals surface area contributed by atoms with E-state index in [9.17, 15) is 9.59 Å². The molecule has 1 unspecified atom stereocenters. The maximum absolute atomic E-state index is 13.1. The molecular formula is C23H28Cl2N2O4. The molecule has 0 aliphatic carbocycles. The van der Waals surface area contributed by atoms with Crippen molar-refractivity contribution in [3.8, 4) is 11.5 Å². The van der Waals surface area contributed by atoms with Crippen LogP contribution in [0.3, 0.4) is 0 Å². The van der Waals surface area contributed by atoms with Gasteiger partial charge in [-0.25, -0.2) is 0 Å². The maximum Gasteiger partial charge on any atom is 0.261 e. The molecule has 0 aliphatic rings. The molecule has 2 amide bonds. The van der Waals surface area contributed by atoms with Gasteiger partial charge in [-0.15, -0.1) is 0 Å². The zero-order chi connectivity index (χ0) is 22.8. The van der Waals surface area contributed by atoms with Crippen LogP contribution in [0.5, 0.6) is 11.5 Å². The van der Waals surface area contributed by atoms with Gasteiger partial charge in [0.2, 0.25) is 5.91 Å². The minimum absolute atomic E-state index is 0.192. The van der Waals surface area contributed by atoms with E-state index in [0.717, 1.165) is 12.0 Å². The van der Waals surface area contributed by atoms with E-state index in [0.29, 0.717) is 34.5 Å². The van der Waals surface area contributed by atoms with E-state index in [1.54, 1.807) is 49.6 Å². The first kappa shape index (κ1) is 24.8. The Morgan fingerprint density at radius 3 is 2.29 bits per heavy atom. The zero-order valence-electron chi connectivity index (χ0n) is 18.0. The molecular weight excluding hydrogens is 439 g/mol. The summed E-state index contributed by atoms with van der Waals surface area (Å²) in [7, 11) is 1.58. The van der Waals surface area contributed by atoms with Crippen molar-refractivity contribution in [1.29, 1.82) is 0 Å². The summed E-state index contributed by atoms with van der Waals surface area (Å²) >= 11 is 12.1. The number of methoxy groups -OCH3 is 1. The molecule has 0 aromatic heterocycles. The highest BCUT2D eigenvalue weighted by Crippen LogP contribution is 2.24. The summed E-state index contributed by atoms with van der Waals surface area (Å²) in [6.07, 6.45) is 1.27. The first-order valence-corrected chi connectivity index (χ1v) is 10.9. The molecule has 0 aliphatic heterocycles. The molecule has 2 aromatic carbocycles. The van der Waals surface area contributed by atoms with Crippen LogP contribution in [0.1, 0.15) is 32.3 Å². The topological polar surface area (TPSA) is 67.9 Å². The average molecular weight is 467 g/mol. The molecule has 1 N–H and O–H groups in total. The Hall–Kier alpha value is -2.44. The van der Waals surface area contributed by atoms with Gasteiger partial charge in [0.1, 0.15) is 17.5 Å². The van der Waals surface area contributed by atoms with Crippen LogP contribution in [0.2, 0.25) is 10.0 Å². The van der Waals surface area contributed by atoms with Crippen molar-refractivity contribution >= 4 is 35.0 Å². The molecule has 0 heterocycles. The number of amides is 2. The fraction of sp³-hybridized carbons (Fsp3) is 0.391. The van der Waals surface area contributed by atoms with Crippen LogP contribution in [0, 0.1) is 0 Å².